The molecule has 4 atom stereocenters. The average Bonchev–Trinajstić information content (AvgIpc) is 4.05. The van der Waals surface area contributed by atoms with Crippen molar-refractivity contribution in [1.82, 2.24) is 50.3 Å². The molecule has 2 fully saturated rings. The number of carbonyl (C=O) groups is 4. The minimum Gasteiger partial charge on any atom is -0.453 e. The lowest BCUT2D eigenvalue weighted by Gasteiger charge is -2.29. The molecule has 17 nitrogen and oxygen atoms in total. The fraction of sp³-hybridized carbons (Fsp3) is 0.450. The molecule has 17 heteroatoms. The molecule has 2 aliphatic heterocycles. The average molecular weight is 779 g/mol. The zero-order chi connectivity index (χ0) is 40.1. The number of fused-ring (bicyclic) bond motifs is 6. The van der Waals surface area contributed by atoms with Crippen LogP contribution in [-0.4, -0.2) is 103 Å². The Morgan fingerprint density at radius 1 is 0.684 bits per heavy atom. The van der Waals surface area contributed by atoms with Crippen LogP contribution in [0.3, 0.4) is 0 Å². The van der Waals surface area contributed by atoms with Gasteiger partial charge in [-0.1, -0.05) is 27.7 Å². The standard InChI is InChI=1S/C40H46N10O7/c1-19(2)29(47-39(53)55-5)37(51)49-17-7-9-27(49)34-42-23-14-13-22-21(31(23)45-34)11-12-26(41-22)36-44-25-16-15-24-32(33(25)57-36)46-35(43-24)28-10-8-18-50(28)38(52)30(20(3)4)48-40(54)56-6/h11-16,19-20,27-30H,7-10,17-18H2,1-6H3,(H,42,45)(H,43,46)(H,47,53)(H,48,54)/t27-,28-,29-,30-/m0/s1. The fourth-order valence-corrected chi connectivity index (χ4v) is 8.11. The third-order valence-electron chi connectivity index (χ3n) is 11.1. The number of benzene rings is 2. The molecule has 0 unspecified atom stereocenters. The van der Waals surface area contributed by atoms with Crippen molar-refractivity contribution in [3.8, 4) is 11.6 Å². The summed E-state index contributed by atoms with van der Waals surface area (Å²) in [6.07, 6.45) is 1.77. The minimum absolute atomic E-state index is 0.135. The summed E-state index contributed by atoms with van der Waals surface area (Å²) in [7, 11) is 2.56. The van der Waals surface area contributed by atoms with E-state index in [9.17, 15) is 19.2 Å². The highest BCUT2D eigenvalue weighted by Crippen LogP contribution is 2.37. The van der Waals surface area contributed by atoms with E-state index in [0.717, 1.165) is 42.1 Å². The molecule has 0 radical (unpaired) electrons. The summed E-state index contributed by atoms with van der Waals surface area (Å²) < 4.78 is 15.9. The van der Waals surface area contributed by atoms with Gasteiger partial charge >= 0.3 is 12.2 Å². The number of ether oxygens (including phenoxy) is 2. The number of alkyl carbamates (subject to hydrolysis) is 2. The van der Waals surface area contributed by atoms with Crippen molar-refractivity contribution >= 4 is 68.1 Å². The minimum atomic E-state index is -0.735. The molecule has 2 aromatic carbocycles. The summed E-state index contributed by atoms with van der Waals surface area (Å²) >= 11 is 0. The number of imidazole rings is 2. The summed E-state index contributed by atoms with van der Waals surface area (Å²) in [5, 5.41) is 6.24. The first kappa shape index (κ1) is 37.7. The Kier molecular flexibility index (Phi) is 9.91. The van der Waals surface area contributed by atoms with Crippen LogP contribution in [0.25, 0.3) is 55.7 Å². The largest absolute Gasteiger partial charge is 0.453 e. The Morgan fingerprint density at radius 3 is 1.74 bits per heavy atom. The molecule has 4 N–H and O–H groups in total. The quantitative estimate of drug-likeness (QED) is 0.136. The van der Waals surface area contributed by atoms with Gasteiger partial charge < -0.3 is 44.3 Å². The van der Waals surface area contributed by atoms with Crippen LogP contribution in [0.15, 0.2) is 40.8 Å². The molecule has 0 bridgehead atoms. The van der Waals surface area contributed by atoms with Gasteiger partial charge in [0, 0.05) is 18.5 Å². The zero-order valence-electron chi connectivity index (χ0n) is 32.7. The molecule has 0 spiro atoms. The van der Waals surface area contributed by atoms with Gasteiger partial charge in [-0.05, 0) is 73.9 Å². The van der Waals surface area contributed by atoms with Crippen molar-refractivity contribution in [3.63, 3.8) is 0 Å². The second-order valence-corrected chi connectivity index (χ2v) is 15.4. The Hall–Kier alpha value is -6.26. The second-order valence-electron chi connectivity index (χ2n) is 15.4. The predicted molar refractivity (Wildman–Crippen MR) is 210 cm³/mol. The van der Waals surface area contributed by atoms with Crippen LogP contribution in [0.1, 0.15) is 77.1 Å². The molecule has 6 aromatic rings. The molecule has 8 rings (SSSR count). The van der Waals surface area contributed by atoms with Crippen molar-refractivity contribution in [2.24, 2.45) is 11.8 Å². The van der Waals surface area contributed by atoms with Gasteiger partial charge in [-0.2, -0.15) is 0 Å². The van der Waals surface area contributed by atoms with Crippen molar-refractivity contribution in [3.05, 3.63) is 48.0 Å². The number of H-pyrrole nitrogens is 2. The van der Waals surface area contributed by atoms with Crippen molar-refractivity contribution < 1.29 is 33.1 Å². The summed E-state index contributed by atoms with van der Waals surface area (Å²) in [6, 6.07) is 9.31. The van der Waals surface area contributed by atoms with E-state index >= 15 is 0 Å². The second kappa shape index (κ2) is 15.0. The maximum atomic E-state index is 13.7. The molecule has 2 aliphatic rings. The molecule has 57 heavy (non-hydrogen) atoms. The van der Waals surface area contributed by atoms with E-state index in [2.05, 4.69) is 20.6 Å². The fourth-order valence-electron chi connectivity index (χ4n) is 8.11. The molecular weight excluding hydrogens is 733 g/mol. The van der Waals surface area contributed by atoms with Crippen LogP contribution in [0, 0.1) is 11.8 Å². The Balaban J connectivity index is 1.06. The van der Waals surface area contributed by atoms with Crippen molar-refractivity contribution in [2.75, 3.05) is 27.3 Å². The zero-order valence-corrected chi connectivity index (χ0v) is 32.7. The predicted octanol–water partition coefficient (Wildman–Crippen LogP) is 5.88. The van der Waals surface area contributed by atoms with E-state index in [0.29, 0.717) is 64.0 Å². The number of nitrogens with one attached hydrogen (secondary N) is 4. The Labute approximate surface area is 327 Å². The number of rotatable bonds is 9. The summed E-state index contributed by atoms with van der Waals surface area (Å²) in [6.45, 7) is 8.65. The number of hydrogen-bond acceptors (Lipinski definition) is 11. The first-order valence-electron chi connectivity index (χ1n) is 19.3. The monoisotopic (exact) mass is 778 g/mol. The smallest absolute Gasteiger partial charge is 0.407 e. The van der Waals surface area contributed by atoms with Gasteiger partial charge in [-0.15, -0.1) is 0 Å². The number of carbonyl (C=O) groups excluding carboxylic acids is 4. The number of pyridine rings is 1. The lowest BCUT2D eigenvalue weighted by Crippen LogP contribution is -2.51. The van der Waals surface area contributed by atoms with E-state index in [1.54, 1.807) is 9.80 Å². The van der Waals surface area contributed by atoms with Gasteiger partial charge in [0.25, 0.3) is 0 Å². The first-order chi connectivity index (χ1) is 27.4. The number of aromatic amines is 2. The molecule has 0 saturated carbocycles. The highest BCUT2D eigenvalue weighted by Gasteiger charge is 2.39. The van der Waals surface area contributed by atoms with Gasteiger partial charge in [0.15, 0.2) is 5.58 Å². The number of likely N-dealkylation sites (tertiary alicyclic amines) is 2. The molecule has 298 valence electrons. The van der Waals surface area contributed by atoms with Gasteiger partial charge in [0.2, 0.25) is 17.7 Å². The maximum absolute atomic E-state index is 13.7. The number of aromatic nitrogens is 6. The molecule has 2 saturated heterocycles. The van der Waals surface area contributed by atoms with E-state index in [1.807, 2.05) is 64.1 Å². The summed E-state index contributed by atoms with van der Waals surface area (Å²) in [5.41, 5.74) is 5.31. The number of methoxy groups -OCH3 is 2. The van der Waals surface area contributed by atoms with Crippen LogP contribution >= 0.6 is 0 Å². The normalized spacial score (nSPS) is 18.3. The molecular formula is C40H46N10O7. The van der Waals surface area contributed by atoms with Gasteiger partial charge in [0.05, 0.1) is 48.4 Å². The van der Waals surface area contributed by atoms with Crippen molar-refractivity contribution in [1.29, 1.82) is 0 Å². The van der Waals surface area contributed by atoms with E-state index in [-0.39, 0.29) is 35.7 Å². The number of amides is 4. The van der Waals surface area contributed by atoms with E-state index in [4.69, 9.17) is 33.8 Å². The van der Waals surface area contributed by atoms with Crippen LogP contribution in [-0.2, 0) is 19.1 Å². The molecule has 0 aliphatic carbocycles. The van der Waals surface area contributed by atoms with E-state index in [1.165, 1.54) is 14.2 Å². The highest BCUT2D eigenvalue weighted by molar-refractivity contribution is 6.04. The lowest BCUT2D eigenvalue weighted by atomic mass is 10.0. The number of oxazole rings is 1. The van der Waals surface area contributed by atoms with Gasteiger partial charge in [0.1, 0.15) is 40.5 Å². The summed E-state index contributed by atoms with van der Waals surface area (Å²) in [5.74, 6) is 1.02. The van der Waals surface area contributed by atoms with Gasteiger partial charge in [-0.25, -0.2) is 29.5 Å². The van der Waals surface area contributed by atoms with Crippen molar-refractivity contribution in [2.45, 2.75) is 77.5 Å². The molecule has 6 heterocycles. The number of nitrogens with zero attached hydrogens (tertiary/aromatic N) is 6. The first-order valence-corrected chi connectivity index (χ1v) is 19.3. The maximum Gasteiger partial charge on any atom is 0.407 e. The van der Waals surface area contributed by atoms with E-state index < -0.39 is 24.3 Å². The molecule has 4 amide bonds. The molecule has 4 aromatic heterocycles. The van der Waals surface area contributed by atoms with Gasteiger partial charge in [-0.3, -0.25) is 9.59 Å². The van der Waals surface area contributed by atoms with Crippen LogP contribution in [0.4, 0.5) is 9.59 Å². The lowest BCUT2D eigenvalue weighted by molar-refractivity contribution is -0.136. The third-order valence-corrected chi connectivity index (χ3v) is 11.1. The highest BCUT2D eigenvalue weighted by atomic mass is 16.5. The Morgan fingerprint density at radius 2 is 1.19 bits per heavy atom. The van der Waals surface area contributed by atoms with Crippen LogP contribution < -0.4 is 10.6 Å². The Bertz CT molecular complexity index is 2520. The van der Waals surface area contributed by atoms with Crippen LogP contribution in [0.2, 0.25) is 0 Å². The topological polar surface area (TPSA) is 214 Å². The third kappa shape index (κ3) is 6.84. The summed E-state index contributed by atoms with van der Waals surface area (Å²) in [4.78, 5) is 81.4. The van der Waals surface area contributed by atoms with Crippen LogP contribution in [0.5, 0.6) is 0 Å². The SMILES string of the molecule is COC(=O)N[C@H](C(=O)N1CCC[C@H]1c1nc2ccc3nc(-c4nc5ccc6nc([C@@H]7CCCN7C(=O)[C@@H](NC(=O)OC)C(C)C)[nH]c6c5o4)ccc3c2[nH]1)C(C)C. The number of hydrogen-bond donors (Lipinski definition) is 4.